The van der Waals surface area contributed by atoms with Crippen molar-refractivity contribution in [2.45, 2.75) is 12.2 Å². The summed E-state index contributed by atoms with van der Waals surface area (Å²) in [4.78, 5) is 31.7. The lowest BCUT2D eigenvalue weighted by Gasteiger charge is -2.35. The first-order valence-corrected chi connectivity index (χ1v) is 12.4. The summed E-state index contributed by atoms with van der Waals surface area (Å²) >= 11 is 0.932. The average Bonchev–Trinajstić information content (AvgIpc) is 3.63. The molecule has 1 saturated heterocycles. The van der Waals surface area contributed by atoms with E-state index in [1.807, 2.05) is 48.5 Å². The summed E-state index contributed by atoms with van der Waals surface area (Å²) in [5.41, 5.74) is 2.46. The third kappa shape index (κ3) is 5.60. The van der Waals surface area contributed by atoms with E-state index in [1.165, 1.54) is 12.1 Å². The summed E-state index contributed by atoms with van der Waals surface area (Å²) in [6.45, 7) is 1.14. The number of rotatable bonds is 6. The number of nitrogens with one attached hydrogen (secondary N) is 1. The van der Waals surface area contributed by atoms with Crippen LogP contribution in [-0.4, -0.2) is 59.2 Å². The molecule has 2 aromatic carbocycles. The molecule has 1 N–H and O–H groups in total. The topological polar surface area (TPSA) is 97.6 Å². The highest BCUT2D eigenvalue weighted by atomic mass is 32.1. The third-order valence-electron chi connectivity index (χ3n) is 5.92. The van der Waals surface area contributed by atoms with Gasteiger partial charge in [-0.1, -0.05) is 47.6 Å². The first-order chi connectivity index (χ1) is 18.3. The lowest BCUT2D eigenvalue weighted by atomic mass is 10.0. The lowest BCUT2D eigenvalue weighted by molar-refractivity contribution is -0.159. The van der Waals surface area contributed by atoms with Crippen LogP contribution >= 0.6 is 11.3 Å². The Hall–Kier alpha value is -4.03. The number of benzene rings is 2. The summed E-state index contributed by atoms with van der Waals surface area (Å²) in [7, 11) is 0. The molecule has 1 atom stereocenters. The number of hydrogen-bond donors (Lipinski definition) is 1. The van der Waals surface area contributed by atoms with Gasteiger partial charge in [0.1, 0.15) is 0 Å². The zero-order valence-electron chi connectivity index (χ0n) is 19.8. The van der Waals surface area contributed by atoms with Gasteiger partial charge in [-0.15, -0.1) is 11.3 Å². The van der Waals surface area contributed by atoms with Crippen molar-refractivity contribution in [2.24, 2.45) is 0 Å². The molecule has 0 aliphatic carbocycles. The molecular formula is C26H21F3N4O4S. The maximum absolute atomic E-state index is 13.4. The predicted octanol–water partition coefficient (Wildman–Crippen LogP) is 4.75. The molecule has 1 aliphatic rings. The number of carbonyl (C=O) groups is 2. The van der Waals surface area contributed by atoms with Crippen LogP contribution in [0.4, 0.5) is 13.2 Å². The molecule has 0 saturated carbocycles. The number of aromatic nitrogens is 2. The number of amides is 2. The Balaban J connectivity index is 1.25. The van der Waals surface area contributed by atoms with Crippen LogP contribution < -0.4 is 5.32 Å². The monoisotopic (exact) mass is 542 g/mol. The first-order valence-electron chi connectivity index (χ1n) is 11.6. The molecule has 38 heavy (non-hydrogen) atoms. The van der Waals surface area contributed by atoms with Gasteiger partial charge in [0.05, 0.1) is 29.0 Å². The van der Waals surface area contributed by atoms with E-state index in [0.29, 0.717) is 18.7 Å². The zero-order valence-corrected chi connectivity index (χ0v) is 20.6. The van der Waals surface area contributed by atoms with Crippen LogP contribution in [0.1, 0.15) is 25.9 Å². The molecule has 196 valence electrons. The molecular weight excluding hydrogens is 521 g/mol. The van der Waals surface area contributed by atoms with E-state index in [0.717, 1.165) is 22.5 Å². The number of alkyl halides is 3. The van der Waals surface area contributed by atoms with Crippen LogP contribution in [-0.2, 0) is 10.9 Å². The number of carbonyl (C=O) groups excluding carboxylic acids is 2. The van der Waals surface area contributed by atoms with Gasteiger partial charge in [0.2, 0.25) is 5.82 Å². The van der Waals surface area contributed by atoms with E-state index >= 15 is 0 Å². The Morgan fingerprint density at radius 1 is 1.05 bits per heavy atom. The van der Waals surface area contributed by atoms with E-state index in [-0.39, 0.29) is 34.6 Å². The van der Waals surface area contributed by atoms with E-state index in [9.17, 15) is 22.8 Å². The molecule has 4 aromatic rings. The molecule has 12 heteroatoms. The van der Waals surface area contributed by atoms with Crippen LogP contribution in [0.3, 0.4) is 0 Å². The summed E-state index contributed by atoms with van der Waals surface area (Å²) < 4.78 is 48.0. The highest BCUT2D eigenvalue weighted by Crippen LogP contribution is 2.31. The normalized spacial score (nSPS) is 15.9. The first kappa shape index (κ1) is 25.6. The summed E-state index contributed by atoms with van der Waals surface area (Å²) in [5, 5.41) is 6.13. The Bertz CT molecular complexity index is 1440. The van der Waals surface area contributed by atoms with Crippen LogP contribution in [0.15, 0.2) is 71.3 Å². The van der Waals surface area contributed by atoms with Crippen molar-refractivity contribution in [3.63, 3.8) is 0 Å². The average molecular weight is 543 g/mol. The van der Waals surface area contributed by atoms with Crippen molar-refractivity contribution in [2.75, 3.05) is 26.3 Å². The molecule has 8 nitrogen and oxygen atoms in total. The summed E-state index contributed by atoms with van der Waals surface area (Å²) in [6.07, 6.45) is -4.75. The van der Waals surface area contributed by atoms with Gasteiger partial charge in [-0.3, -0.25) is 9.59 Å². The second kappa shape index (κ2) is 10.8. The van der Waals surface area contributed by atoms with E-state index < -0.39 is 24.0 Å². The van der Waals surface area contributed by atoms with Crippen LogP contribution in [0.5, 0.6) is 0 Å². The maximum Gasteiger partial charge on any atom is 0.471 e. The smallest absolute Gasteiger partial charge is 0.377 e. The predicted molar refractivity (Wildman–Crippen MR) is 132 cm³/mol. The molecule has 2 aromatic heterocycles. The number of halogens is 3. The van der Waals surface area contributed by atoms with Gasteiger partial charge in [0.25, 0.3) is 11.8 Å². The second-order valence-electron chi connectivity index (χ2n) is 8.47. The van der Waals surface area contributed by atoms with E-state index in [1.54, 1.807) is 11.0 Å². The van der Waals surface area contributed by atoms with Crippen LogP contribution in [0.25, 0.3) is 21.8 Å². The maximum atomic E-state index is 13.4. The molecule has 1 unspecified atom stereocenters. The number of morpholine rings is 1. The molecule has 3 heterocycles. The van der Waals surface area contributed by atoms with Gasteiger partial charge >= 0.3 is 12.1 Å². The van der Waals surface area contributed by atoms with Crippen LogP contribution in [0, 0.1) is 0 Å². The molecule has 1 aliphatic heterocycles. The fourth-order valence-electron chi connectivity index (χ4n) is 4.04. The van der Waals surface area contributed by atoms with Crippen molar-refractivity contribution in [1.82, 2.24) is 20.4 Å². The summed E-state index contributed by atoms with van der Waals surface area (Å²) in [6, 6.07) is 19.6. The van der Waals surface area contributed by atoms with Gasteiger partial charge in [-0.05, 0) is 35.4 Å². The van der Waals surface area contributed by atoms with Gasteiger partial charge in [-0.2, -0.15) is 18.2 Å². The Kier molecular flexibility index (Phi) is 7.25. The quantitative estimate of drug-likeness (QED) is 0.378. The molecule has 1 fully saturated rings. The minimum atomic E-state index is -4.75. The Morgan fingerprint density at radius 3 is 2.61 bits per heavy atom. The fraction of sp³-hybridized carbons (Fsp3) is 0.231. The standard InChI is InChI=1S/C26H21F3N4O4S/c27-26(28,29)25-31-22(32-37-25)20-9-10-21(38-20)23(34)30-14-19-15-36-12-11-33(19)24(35)18-8-4-7-17(13-18)16-5-2-1-3-6-16/h1-10,13,19H,11-12,14-15H2,(H,30,34). The van der Waals surface area contributed by atoms with Crippen LogP contribution in [0.2, 0.25) is 0 Å². The molecule has 2 amide bonds. The Morgan fingerprint density at radius 2 is 1.84 bits per heavy atom. The van der Waals surface area contributed by atoms with Gasteiger partial charge in [0, 0.05) is 18.7 Å². The van der Waals surface area contributed by atoms with Crippen molar-refractivity contribution in [1.29, 1.82) is 0 Å². The third-order valence-corrected chi connectivity index (χ3v) is 7.00. The van der Waals surface area contributed by atoms with Gasteiger partial charge < -0.3 is 19.5 Å². The minimum Gasteiger partial charge on any atom is -0.377 e. The number of hydrogen-bond acceptors (Lipinski definition) is 7. The Labute approximate surface area is 219 Å². The lowest BCUT2D eigenvalue weighted by Crippen LogP contribution is -2.53. The zero-order chi connectivity index (χ0) is 26.7. The van der Waals surface area contributed by atoms with Crippen molar-refractivity contribution in [3.05, 3.63) is 83.1 Å². The summed E-state index contributed by atoms with van der Waals surface area (Å²) in [5.74, 6) is -2.31. The van der Waals surface area contributed by atoms with Crippen molar-refractivity contribution in [3.8, 4) is 21.8 Å². The molecule has 5 rings (SSSR count). The van der Waals surface area contributed by atoms with Crippen molar-refractivity contribution < 1.29 is 32.0 Å². The second-order valence-corrected chi connectivity index (χ2v) is 9.55. The number of nitrogens with zero attached hydrogens (tertiary/aromatic N) is 3. The fourth-order valence-corrected chi connectivity index (χ4v) is 4.88. The highest BCUT2D eigenvalue weighted by Gasteiger charge is 2.38. The van der Waals surface area contributed by atoms with E-state index in [4.69, 9.17) is 4.74 Å². The SMILES string of the molecule is O=C(NCC1COCCN1C(=O)c1cccc(-c2ccccc2)c1)c1ccc(-c2noc(C(F)(F)F)n2)s1. The number of ether oxygens (including phenoxy) is 1. The number of thiophene rings is 1. The molecule has 0 radical (unpaired) electrons. The van der Waals surface area contributed by atoms with Gasteiger partial charge in [0.15, 0.2) is 0 Å². The molecule has 0 spiro atoms. The van der Waals surface area contributed by atoms with Gasteiger partial charge in [-0.25, -0.2) is 0 Å². The molecule has 0 bridgehead atoms. The van der Waals surface area contributed by atoms with Crippen molar-refractivity contribution >= 4 is 23.2 Å². The largest absolute Gasteiger partial charge is 0.471 e. The van der Waals surface area contributed by atoms with E-state index in [2.05, 4.69) is 20.0 Å². The highest BCUT2D eigenvalue weighted by molar-refractivity contribution is 7.17. The minimum absolute atomic E-state index is 0.136.